The number of hydrogen-bond donors (Lipinski definition) is 0. The maximum Gasteiger partial charge on any atom is 0.0484 e. The van der Waals surface area contributed by atoms with Crippen LogP contribution < -0.4 is 0 Å². The number of para-hydroxylation sites is 1. The van der Waals surface area contributed by atoms with Gasteiger partial charge >= 0.3 is 0 Å². The van der Waals surface area contributed by atoms with Crippen molar-refractivity contribution >= 4 is 27.6 Å². The predicted molar refractivity (Wildman–Crippen MR) is 105 cm³/mol. The van der Waals surface area contributed by atoms with Crippen LogP contribution in [0.2, 0.25) is 0 Å². The first-order valence-electron chi connectivity index (χ1n) is 8.68. The highest BCUT2D eigenvalue weighted by Crippen LogP contribution is 2.50. The third-order valence-electron chi connectivity index (χ3n) is 5.08. The van der Waals surface area contributed by atoms with Crippen LogP contribution in [0.3, 0.4) is 0 Å². The van der Waals surface area contributed by atoms with Gasteiger partial charge in [-0.3, -0.25) is 0 Å². The van der Waals surface area contributed by atoms with Crippen LogP contribution in [-0.2, 0) is 7.05 Å². The van der Waals surface area contributed by atoms with Crippen molar-refractivity contribution in [2.24, 2.45) is 13.0 Å². The molecule has 0 aliphatic heterocycles. The lowest BCUT2D eigenvalue weighted by molar-refractivity contribution is 0.859. The van der Waals surface area contributed by atoms with Gasteiger partial charge in [-0.05, 0) is 46.8 Å². The minimum absolute atomic E-state index is 0.484. The van der Waals surface area contributed by atoms with Crippen molar-refractivity contribution in [2.75, 3.05) is 0 Å². The molecular weight excluding hydrogens is 290 g/mol. The van der Waals surface area contributed by atoms with E-state index in [1.807, 2.05) is 0 Å². The number of allylic oxidation sites excluding steroid dienone is 4. The summed E-state index contributed by atoms with van der Waals surface area (Å²) in [5.74, 6) is 0.484. The number of benzene rings is 2. The minimum Gasteiger partial charge on any atom is -0.350 e. The van der Waals surface area contributed by atoms with Crippen molar-refractivity contribution in [3.63, 3.8) is 0 Å². The highest BCUT2D eigenvalue weighted by Gasteiger charge is 2.29. The fraction of sp³-hybridized carbons (Fsp3) is 0.217. The Morgan fingerprint density at radius 1 is 0.875 bits per heavy atom. The molecule has 24 heavy (non-hydrogen) atoms. The summed E-state index contributed by atoms with van der Waals surface area (Å²) in [5.41, 5.74) is 9.64. The van der Waals surface area contributed by atoms with Crippen LogP contribution in [0.1, 0.15) is 37.5 Å². The van der Waals surface area contributed by atoms with Gasteiger partial charge in [0, 0.05) is 29.7 Å². The van der Waals surface area contributed by atoms with Crippen LogP contribution in [0.25, 0.3) is 27.6 Å². The van der Waals surface area contributed by atoms with E-state index in [2.05, 4.69) is 93.2 Å². The summed E-state index contributed by atoms with van der Waals surface area (Å²) in [7, 11) is 2.14. The summed E-state index contributed by atoms with van der Waals surface area (Å²) in [6.07, 6.45) is 4.56. The number of aryl methyl sites for hydroxylation is 1. The van der Waals surface area contributed by atoms with Gasteiger partial charge in [0.2, 0.25) is 0 Å². The van der Waals surface area contributed by atoms with E-state index >= 15 is 0 Å². The number of rotatable bonds is 2. The first-order chi connectivity index (χ1) is 11.6. The van der Waals surface area contributed by atoms with Crippen molar-refractivity contribution in [1.29, 1.82) is 0 Å². The van der Waals surface area contributed by atoms with Gasteiger partial charge in [0.15, 0.2) is 0 Å². The third kappa shape index (κ3) is 2.01. The van der Waals surface area contributed by atoms with Crippen molar-refractivity contribution in [1.82, 2.24) is 4.57 Å². The zero-order valence-electron chi connectivity index (χ0n) is 14.8. The normalized spacial score (nSPS) is 15.8. The van der Waals surface area contributed by atoms with Crippen LogP contribution in [0.4, 0.5) is 0 Å². The van der Waals surface area contributed by atoms with E-state index in [-0.39, 0.29) is 0 Å². The van der Waals surface area contributed by atoms with Gasteiger partial charge in [-0.2, -0.15) is 0 Å². The van der Waals surface area contributed by atoms with Crippen molar-refractivity contribution in [3.05, 3.63) is 77.5 Å². The Labute approximate surface area is 143 Å². The molecule has 1 heterocycles. The second-order valence-corrected chi connectivity index (χ2v) is 6.86. The van der Waals surface area contributed by atoms with E-state index in [0.29, 0.717) is 5.92 Å². The van der Waals surface area contributed by atoms with Crippen molar-refractivity contribution in [3.8, 4) is 0 Å². The molecular formula is C23H23N. The van der Waals surface area contributed by atoms with Crippen molar-refractivity contribution < 1.29 is 0 Å². The summed E-state index contributed by atoms with van der Waals surface area (Å²) >= 11 is 0. The Hall–Kier alpha value is -2.54. The fourth-order valence-corrected chi connectivity index (χ4v) is 4.10. The molecule has 1 aromatic heterocycles. The van der Waals surface area contributed by atoms with Gasteiger partial charge in [0.05, 0.1) is 0 Å². The van der Waals surface area contributed by atoms with Gasteiger partial charge in [-0.15, -0.1) is 0 Å². The largest absolute Gasteiger partial charge is 0.350 e. The molecule has 0 radical (unpaired) electrons. The van der Waals surface area contributed by atoms with Crippen LogP contribution in [0.5, 0.6) is 0 Å². The maximum atomic E-state index is 2.30. The van der Waals surface area contributed by atoms with E-state index in [4.69, 9.17) is 0 Å². The molecule has 1 aliphatic rings. The molecule has 0 amide bonds. The van der Waals surface area contributed by atoms with Crippen LogP contribution in [0, 0.1) is 5.92 Å². The van der Waals surface area contributed by atoms with Crippen LogP contribution in [0.15, 0.2) is 60.8 Å². The molecule has 0 spiro atoms. The van der Waals surface area contributed by atoms with Crippen LogP contribution >= 0.6 is 0 Å². The minimum atomic E-state index is 0.484. The Morgan fingerprint density at radius 2 is 1.54 bits per heavy atom. The molecule has 0 unspecified atom stereocenters. The quantitative estimate of drug-likeness (QED) is 0.534. The van der Waals surface area contributed by atoms with Gasteiger partial charge in [-0.25, -0.2) is 0 Å². The molecule has 1 heteroatoms. The average Bonchev–Trinajstić information content (AvgIpc) is 3.10. The number of hydrogen-bond acceptors (Lipinski definition) is 0. The number of aromatic nitrogens is 1. The monoisotopic (exact) mass is 313 g/mol. The second kappa shape index (κ2) is 5.52. The highest BCUT2D eigenvalue weighted by molar-refractivity contribution is 6.24. The Kier molecular flexibility index (Phi) is 3.45. The zero-order chi connectivity index (χ0) is 16.8. The summed E-state index contributed by atoms with van der Waals surface area (Å²) in [4.78, 5) is 0. The Balaban J connectivity index is 2.10. The molecule has 4 rings (SSSR count). The number of nitrogens with zero attached hydrogens (tertiary/aromatic N) is 1. The lowest BCUT2D eigenvalue weighted by Crippen LogP contribution is -1.94. The number of fused-ring (bicyclic) bond motifs is 2. The second-order valence-electron chi connectivity index (χ2n) is 6.86. The SMILES string of the molecule is C/C=C1/C(c2cn(C)c3ccccc23)=C(C(C)C)c2ccccc21. The van der Waals surface area contributed by atoms with E-state index in [9.17, 15) is 0 Å². The Morgan fingerprint density at radius 3 is 2.25 bits per heavy atom. The molecule has 3 aromatic rings. The predicted octanol–water partition coefficient (Wildman–Crippen LogP) is 6.16. The zero-order valence-corrected chi connectivity index (χ0v) is 14.8. The van der Waals surface area contributed by atoms with E-state index in [1.165, 1.54) is 44.3 Å². The van der Waals surface area contributed by atoms with Gasteiger partial charge in [0.25, 0.3) is 0 Å². The molecule has 0 N–H and O–H groups in total. The van der Waals surface area contributed by atoms with E-state index in [1.54, 1.807) is 0 Å². The molecule has 0 saturated heterocycles. The molecule has 0 fully saturated rings. The summed E-state index contributed by atoms with van der Waals surface area (Å²) < 4.78 is 2.24. The van der Waals surface area contributed by atoms with E-state index < -0.39 is 0 Å². The topological polar surface area (TPSA) is 4.93 Å². The molecule has 0 bridgehead atoms. The average molecular weight is 313 g/mol. The third-order valence-corrected chi connectivity index (χ3v) is 5.08. The lowest BCUT2D eigenvalue weighted by Gasteiger charge is -2.12. The summed E-state index contributed by atoms with van der Waals surface area (Å²) in [6.45, 7) is 6.76. The fourth-order valence-electron chi connectivity index (χ4n) is 4.10. The Bertz CT molecular complexity index is 996. The maximum absolute atomic E-state index is 2.30. The molecule has 1 aliphatic carbocycles. The highest BCUT2D eigenvalue weighted by atomic mass is 14.9. The molecule has 0 saturated carbocycles. The molecule has 2 aromatic carbocycles. The summed E-state index contributed by atoms with van der Waals surface area (Å²) in [6, 6.07) is 17.5. The smallest absolute Gasteiger partial charge is 0.0484 e. The first kappa shape index (κ1) is 15.0. The first-order valence-corrected chi connectivity index (χ1v) is 8.68. The van der Waals surface area contributed by atoms with Gasteiger partial charge in [0.1, 0.15) is 0 Å². The lowest BCUT2D eigenvalue weighted by atomic mass is 9.91. The molecule has 120 valence electrons. The molecule has 0 atom stereocenters. The standard InChI is InChI=1S/C23H23N/c1-5-16-17-10-6-7-12-19(17)22(15(2)3)23(16)20-14-24(4)21-13-9-8-11-18(20)21/h5-15H,1-4H3/b16-5+. The van der Waals surface area contributed by atoms with Gasteiger partial charge < -0.3 is 4.57 Å². The van der Waals surface area contributed by atoms with Crippen LogP contribution in [-0.4, -0.2) is 4.57 Å². The van der Waals surface area contributed by atoms with Crippen molar-refractivity contribution in [2.45, 2.75) is 20.8 Å². The summed E-state index contributed by atoms with van der Waals surface area (Å²) in [5, 5.41) is 1.33. The van der Waals surface area contributed by atoms with Gasteiger partial charge in [-0.1, -0.05) is 62.4 Å². The van der Waals surface area contributed by atoms with E-state index in [0.717, 1.165) is 0 Å². The molecule has 1 nitrogen and oxygen atoms in total.